The van der Waals surface area contributed by atoms with Crippen molar-refractivity contribution in [2.45, 2.75) is 33.9 Å². The lowest BCUT2D eigenvalue weighted by Crippen LogP contribution is -2.18. The monoisotopic (exact) mass is 247 g/mol. The third-order valence-electron chi connectivity index (χ3n) is 2.71. The SMILES string of the molecule is Cc1cc(Cn2ccc(CNCC(C)C)c2)on1. The normalized spacial score (nSPS) is 11.3. The summed E-state index contributed by atoms with van der Waals surface area (Å²) in [5.41, 5.74) is 2.22. The van der Waals surface area contributed by atoms with Crippen LogP contribution in [0.25, 0.3) is 0 Å². The van der Waals surface area contributed by atoms with Gasteiger partial charge < -0.3 is 14.4 Å². The predicted octanol–water partition coefficient (Wildman–Crippen LogP) is 2.58. The van der Waals surface area contributed by atoms with Gasteiger partial charge >= 0.3 is 0 Å². The summed E-state index contributed by atoms with van der Waals surface area (Å²) in [5, 5.41) is 7.32. The van der Waals surface area contributed by atoms with Crippen molar-refractivity contribution >= 4 is 0 Å². The first-order valence-electron chi connectivity index (χ1n) is 6.41. The number of hydrogen-bond acceptors (Lipinski definition) is 3. The fourth-order valence-corrected chi connectivity index (χ4v) is 1.87. The van der Waals surface area contributed by atoms with E-state index in [9.17, 15) is 0 Å². The van der Waals surface area contributed by atoms with Gasteiger partial charge in [-0.3, -0.25) is 0 Å². The van der Waals surface area contributed by atoms with E-state index in [1.54, 1.807) is 0 Å². The van der Waals surface area contributed by atoms with Gasteiger partial charge in [0.15, 0.2) is 5.76 Å². The number of aryl methyl sites for hydroxylation is 1. The van der Waals surface area contributed by atoms with Gasteiger partial charge in [0, 0.05) is 25.0 Å². The van der Waals surface area contributed by atoms with E-state index in [0.717, 1.165) is 31.1 Å². The highest BCUT2D eigenvalue weighted by Crippen LogP contribution is 2.07. The topological polar surface area (TPSA) is 43.0 Å². The van der Waals surface area contributed by atoms with Crippen molar-refractivity contribution in [1.82, 2.24) is 15.0 Å². The largest absolute Gasteiger partial charge is 0.359 e. The Morgan fingerprint density at radius 1 is 1.44 bits per heavy atom. The highest BCUT2D eigenvalue weighted by Gasteiger charge is 2.03. The van der Waals surface area contributed by atoms with E-state index < -0.39 is 0 Å². The number of nitrogens with one attached hydrogen (secondary N) is 1. The van der Waals surface area contributed by atoms with E-state index >= 15 is 0 Å². The minimum atomic E-state index is 0.684. The zero-order chi connectivity index (χ0) is 13.0. The summed E-state index contributed by atoms with van der Waals surface area (Å²) in [4.78, 5) is 0. The van der Waals surface area contributed by atoms with Crippen LogP contribution < -0.4 is 5.32 Å². The van der Waals surface area contributed by atoms with Crippen LogP contribution in [0.15, 0.2) is 29.0 Å². The first kappa shape index (κ1) is 12.9. The summed E-state index contributed by atoms with van der Waals surface area (Å²) in [7, 11) is 0. The maximum absolute atomic E-state index is 5.20. The van der Waals surface area contributed by atoms with Crippen molar-refractivity contribution in [3.05, 3.63) is 41.5 Å². The number of rotatable bonds is 6. The molecule has 0 atom stereocenters. The molecule has 2 rings (SSSR count). The molecule has 1 N–H and O–H groups in total. The maximum Gasteiger partial charge on any atom is 0.156 e. The lowest BCUT2D eigenvalue weighted by Gasteiger charge is -2.05. The molecule has 0 saturated heterocycles. The van der Waals surface area contributed by atoms with Crippen LogP contribution in [0.3, 0.4) is 0 Å². The van der Waals surface area contributed by atoms with Crippen molar-refractivity contribution in [2.24, 2.45) is 5.92 Å². The maximum atomic E-state index is 5.20. The molecule has 0 bridgehead atoms. The Morgan fingerprint density at radius 3 is 2.94 bits per heavy atom. The van der Waals surface area contributed by atoms with Gasteiger partial charge in [0.1, 0.15) is 0 Å². The smallest absolute Gasteiger partial charge is 0.156 e. The average molecular weight is 247 g/mol. The quantitative estimate of drug-likeness (QED) is 0.853. The average Bonchev–Trinajstić information content (AvgIpc) is 2.89. The number of hydrogen-bond donors (Lipinski definition) is 1. The van der Waals surface area contributed by atoms with Crippen molar-refractivity contribution in [2.75, 3.05) is 6.54 Å². The van der Waals surface area contributed by atoms with Gasteiger partial charge in [-0.15, -0.1) is 0 Å². The molecule has 0 radical (unpaired) electrons. The molecule has 0 saturated carbocycles. The van der Waals surface area contributed by atoms with Gasteiger partial charge in [0.05, 0.1) is 12.2 Å². The van der Waals surface area contributed by atoms with Gasteiger partial charge in [0.2, 0.25) is 0 Å². The Balaban J connectivity index is 1.86. The van der Waals surface area contributed by atoms with Crippen LogP contribution in [0.1, 0.15) is 30.9 Å². The molecule has 0 aliphatic rings. The van der Waals surface area contributed by atoms with Crippen molar-refractivity contribution in [1.29, 1.82) is 0 Å². The Morgan fingerprint density at radius 2 is 2.28 bits per heavy atom. The second-order valence-electron chi connectivity index (χ2n) is 5.15. The third kappa shape index (κ3) is 3.74. The van der Waals surface area contributed by atoms with Crippen molar-refractivity contribution in [3.63, 3.8) is 0 Å². The Hall–Kier alpha value is -1.55. The first-order chi connectivity index (χ1) is 8.63. The first-order valence-corrected chi connectivity index (χ1v) is 6.41. The summed E-state index contributed by atoms with van der Waals surface area (Å²) in [6, 6.07) is 4.10. The zero-order valence-electron chi connectivity index (χ0n) is 11.3. The van der Waals surface area contributed by atoms with E-state index in [0.29, 0.717) is 5.92 Å². The van der Waals surface area contributed by atoms with E-state index in [1.165, 1.54) is 5.56 Å². The fourth-order valence-electron chi connectivity index (χ4n) is 1.87. The van der Waals surface area contributed by atoms with Crippen LogP contribution in [-0.4, -0.2) is 16.3 Å². The molecule has 0 amide bonds. The fraction of sp³-hybridized carbons (Fsp3) is 0.500. The molecule has 98 valence electrons. The molecule has 0 aromatic carbocycles. The second-order valence-corrected chi connectivity index (χ2v) is 5.15. The predicted molar refractivity (Wildman–Crippen MR) is 71.3 cm³/mol. The molecular formula is C14H21N3O. The zero-order valence-corrected chi connectivity index (χ0v) is 11.3. The van der Waals surface area contributed by atoms with Crippen LogP contribution in [0.2, 0.25) is 0 Å². The van der Waals surface area contributed by atoms with E-state index in [1.807, 2.05) is 13.0 Å². The van der Waals surface area contributed by atoms with Crippen LogP contribution >= 0.6 is 0 Å². The third-order valence-corrected chi connectivity index (χ3v) is 2.71. The summed E-state index contributed by atoms with van der Waals surface area (Å²) in [6.45, 7) is 9.07. The van der Waals surface area contributed by atoms with Gasteiger partial charge in [-0.2, -0.15) is 0 Å². The lowest BCUT2D eigenvalue weighted by atomic mass is 10.2. The highest BCUT2D eigenvalue weighted by atomic mass is 16.5. The van der Waals surface area contributed by atoms with Gasteiger partial charge in [-0.25, -0.2) is 0 Å². The van der Waals surface area contributed by atoms with Gasteiger partial charge in [-0.1, -0.05) is 19.0 Å². The van der Waals surface area contributed by atoms with E-state index in [4.69, 9.17) is 4.52 Å². The van der Waals surface area contributed by atoms with E-state index in [-0.39, 0.29) is 0 Å². The van der Waals surface area contributed by atoms with Crippen molar-refractivity contribution in [3.8, 4) is 0 Å². The molecule has 0 spiro atoms. The molecule has 0 fully saturated rings. The minimum absolute atomic E-state index is 0.684. The van der Waals surface area contributed by atoms with Crippen LogP contribution in [0, 0.1) is 12.8 Å². The molecule has 0 aliphatic heterocycles. The molecule has 0 unspecified atom stereocenters. The van der Waals surface area contributed by atoms with Crippen molar-refractivity contribution < 1.29 is 4.52 Å². The highest BCUT2D eigenvalue weighted by molar-refractivity contribution is 5.12. The Labute approximate surface area is 108 Å². The summed E-state index contributed by atoms with van der Waals surface area (Å²) in [5.74, 6) is 1.58. The Kier molecular flexibility index (Phi) is 4.20. The standard InChI is InChI=1S/C14H21N3O/c1-11(2)7-15-8-13-4-5-17(9-13)10-14-6-12(3)16-18-14/h4-6,9,11,15H,7-8,10H2,1-3H3. The number of nitrogens with zero attached hydrogens (tertiary/aromatic N) is 2. The van der Waals surface area contributed by atoms with Gasteiger partial charge in [-0.05, 0) is 31.0 Å². The van der Waals surface area contributed by atoms with E-state index in [2.05, 4.69) is 47.3 Å². The van der Waals surface area contributed by atoms with Crippen LogP contribution in [-0.2, 0) is 13.1 Å². The van der Waals surface area contributed by atoms with Gasteiger partial charge in [0.25, 0.3) is 0 Å². The molecule has 4 nitrogen and oxygen atoms in total. The molecular weight excluding hydrogens is 226 g/mol. The number of aromatic nitrogens is 2. The molecule has 2 heterocycles. The molecule has 2 aromatic rings. The van der Waals surface area contributed by atoms with Crippen LogP contribution in [0.4, 0.5) is 0 Å². The second kappa shape index (κ2) is 5.87. The van der Waals surface area contributed by atoms with Crippen LogP contribution in [0.5, 0.6) is 0 Å². The minimum Gasteiger partial charge on any atom is -0.359 e. The Bertz CT molecular complexity index is 485. The molecule has 18 heavy (non-hydrogen) atoms. The lowest BCUT2D eigenvalue weighted by molar-refractivity contribution is 0.373. The summed E-state index contributed by atoms with van der Waals surface area (Å²) < 4.78 is 7.32. The summed E-state index contributed by atoms with van der Waals surface area (Å²) >= 11 is 0. The molecule has 0 aliphatic carbocycles. The summed E-state index contributed by atoms with van der Waals surface area (Å²) in [6.07, 6.45) is 4.22. The molecule has 4 heteroatoms. The molecule has 2 aromatic heterocycles.